The van der Waals surface area contributed by atoms with E-state index in [9.17, 15) is 9.59 Å². The number of rotatable bonds is 8. The van der Waals surface area contributed by atoms with Crippen LogP contribution in [0.4, 0.5) is 4.79 Å². The van der Waals surface area contributed by atoms with Crippen molar-refractivity contribution in [1.82, 2.24) is 4.90 Å². The second-order valence-electron chi connectivity index (χ2n) is 9.94. The zero-order valence-electron chi connectivity index (χ0n) is 19.8. The van der Waals surface area contributed by atoms with Crippen LogP contribution in [0.5, 0.6) is 0 Å². The Balaban J connectivity index is 1.67. The molecule has 2 aromatic rings. The molecule has 1 aliphatic rings. The molecule has 0 N–H and O–H groups in total. The van der Waals surface area contributed by atoms with Crippen molar-refractivity contribution in [2.24, 2.45) is 0 Å². The van der Waals surface area contributed by atoms with Gasteiger partial charge >= 0.3 is 6.09 Å². The fourth-order valence-electron chi connectivity index (χ4n) is 3.67. The topological polar surface area (TPSA) is 55.8 Å². The predicted octanol–water partition coefficient (Wildman–Crippen LogP) is 6.64. The number of carbonyl (C=O) groups excluding carboxylic acids is 2. The van der Waals surface area contributed by atoms with Crippen LogP contribution in [-0.4, -0.2) is 31.8 Å². The van der Waals surface area contributed by atoms with Crippen LogP contribution in [0.1, 0.15) is 63.3 Å². The van der Waals surface area contributed by atoms with Crippen LogP contribution >= 0.6 is 0 Å². The molecular weight excluding hydrogens is 418 g/mol. The second kappa shape index (κ2) is 10.0. The minimum absolute atomic E-state index is 0.0691. The van der Waals surface area contributed by atoms with E-state index < -0.39 is 14.4 Å². The second-order valence-corrected chi connectivity index (χ2v) is 14.7. The summed E-state index contributed by atoms with van der Waals surface area (Å²) < 4.78 is 11.9. The van der Waals surface area contributed by atoms with Crippen LogP contribution in [0.15, 0.2) is 60.7 Å². The minimum Gasteiger partial charge on any atom is -0.446 e. The molecular formula is C26H35NO4Si. The monoisotopic (exact) mass is 453 g/mol. The van der Waals surface area contributed by atoms with Crippen LogP contribution in [0.2, 0.25) is 18.1 Å². The highest BCUT2D eigenvalue weighted by molar-refractivity contribution is 6.74. The van der Waals surface area contributed by atoms with Crippen molar-refractivity contribution in [1.29, 1.82) is 0 Å². The molecule has 1 saturated heterocycles. The number of cyclic esters (lactones) is 1. The number of carbonyl (C=O) groups is 2. The van der Waals surface area contributed by atoms with E-state index in [0.29, 0.717) is 6.42 Å². The molecule has 0 bridgehead atoms. The Bertz CT molecular complexity index is 908. The lowest BCUT2D eigenvalue weighted by Crippen LogP contribution is -2.42. The molecule has 0 radical (unpaired) electrons. The SMILES string of the molecule is CC(C)(C)[Si](C)(C)O[C@@H](CCCC(=O)N1C(=O)OC[C@@H]1c1ccccc1)c1ccccc1. The molecule has 0 spiro atoms. The molecule has 1 heterocycles. The van der Waals surface area contributed by atoms with Gasteiger partial charge in [0.2, 0.25) is 5.91 Å². The molecule has 6 heteroatoms. The van der Waals surface area contributed by atoms with Crippen molar-refractivity contribution in [3.05, 3.63) is 71.8 Å². The first-order valence-corrected chi connectivity index (χ1v) is 14.3. The molecule has 0 aliphatic carbocycles. The Hall–Kier alpha value is -2.44. The van der Waals surface area contributed by atoms with Crippen molar-refractivity contribution < 1.29 is 18.8 Å². The lowest BCUT2D eigenvalue weighted by molar-refractivity contribution is -0.129. The summed E-state index contributed by atoms with van der Waals surface area (Å²) in [5.41, 5.74) is 2.04. The van der Waals surface area contributed by atoms with Crippen LogP contribution in [0, 0.1) is 0 Å². The van der Waals surface area contributed by atoms with Crippen LogP contribution in [0.3, 0.4) is 0 Å². The third kappa shape index (κ3) is 5.67. The number of benzene rings is 2. The van der Waals surface area contributed by atoms with Gasteiger partial charge in [0.1, 0.15) is 12.6 Å². The average molecular weight is 454 g/mol. The summed E-state index contributed by atoms with van der Waals surface area (Å²) in [6.07, 6.45) is 1.02. The first-order valence-electron chi connectivity index (χ1n) is 11.4. The van der Waals surface area contributed by atoms with Gasteiger partial charge in [-0.15, -0.1) is 0 Å². The fraction of sp³-hybridized carbons (Fsp3) is 0.462. The van der Waals surface area contributed by atoms with Gasteiger partial charge in [-0.05, 0) is 42.1 Å². The zero-order valence-corrected chi connectivity index (χ0v) is 20.8. The largest absolute Gasteiger partial charge is 0.446 e. The lowest BCUT2D eigenvalue weighted by atomic mass is 10.0. The van der Waals surface area contributed by atoms with Crippen LogP contribution in [0.25, 0.3) is 0 Å². The normalized spacial score (nSPS) is 17.8. The smallest absolute Gasteiger partial charge is 0.417 e. The molecule has 0 unspecified atom stereocenters. The van der Waals surface area contributed by atoms with E-state index >= 15 is 0 Å². The summed E-state index contributed by atoms with van der Waals surface area (Å²) in [4.78, 5) is 26.6. The molecule has 0 saturated carbocycles. The summed E-state index contributed by atoms with van der Waals surface area (Å²) in [7, 11) is -1.99. The number of hydrogen-bond acceptors (Lipinski definition) is 4. The van der Waals surface area contributed by atoms with Gasteiger partial charge in [0.25, 0.3) is 0 Å². The van der Waals surface area contributed by atoms with E-state index in [1.54, 1.807) is 0 Å². The van der Waals surface area contributed by atoms with Gasteiger partial charge in [-0.3, -0.25) is 4.79 Å². The molecule has 5 nitrogen and oxygen atoms in total. The van der Waals surface area contributed by atoms with E-state index in [-0.39, 0.29) is 36.1 Å². The van der Waals surface area contributed by atoms with Crippen molar-refractivity contribution >= 4 is 20.3 Å². The van der Waals surface area contributed by atoms with E-state index in [1.165, 1.54) is 4.90 Å². The highest BCUT2D eigenvalue weighted by Crippen LogP contribution is 2.41. The van der Waals surface area contributed by atoms with Gasteiger partial charge in [0.05, 0.1) is 6.10 Å². The van der Waals surface area contributed by atoms with E-state index in [1.807, 2.05) is 48.5 Å². The summed E-state index contributed by atoms with van der Waals surface area (Å²) >= 11 is 0. The number of hydrogen-bond donors (Lipinski definition) is 0. The molecule has 3 rings (SSSR count). The molecule has 2 atom stereocenters. The van der Waals surface area contributed by atoms with Crippen molar-refractivity contribution in [3.8, 4) is 0 Å². The summed E-state index contributed by atoms with van der Waals surface area (Å²) in [5.74, 6) is -0.194. The molecule has 0 aromatic heterocycles. The third-order valence-electron chi connectivity index (χ3n) is 6.60. The van der Waals surface area contributed by atoms with Gasteiger partial charge in [-0.25, -0.2) is 9.69 Å². The summed E-state index contributed by atoms with van der Waals surface area (Å²) in [6.45, 7) is 11.4. The van der Waals surface area contributed by atoms with E-state index in [4.69, 9.17) is 9.16 Å². The fourth-order valence-corrected chi connectivity index (χ4v) is 4.99. The molecule has 2 amide bonds. The molecule has 2 aromatic carbocycles. The van der Waals surface area contributed by atoms with Gasteiger partial charge < -0.3 is 9.16 Å². The Kier molecular flexibility index (Phi) is 7.57. The maximum Gasteiger partial charge on any atom is 0.417 e. The minimum atomic E-state index is -1.99. The molecule has 32 heavy (non-hydrogen) atoms. The Morgan fingerprint density at radius 3 is 2.28 bits per heavy atom. The first-order chi connectivity index (χ1) is 15.1. The highest BCUT2D eigenvalue weighted by atomic mass is 28.4. The van der Waals surface area contributed by atoms with Crippen molar-refractivity contribution in [2.75, 3.05) is 6.61 Å². The zero-order chi connectivity index (χ0) is 23.4. The van der Waals surface area contributed by atoms with Crippen molar-refractivity contribution in [2.45, 2.75) is 70.3 Å². The third-order valence-corrected chi connectivity index (χ3v) is 11.1. The standard InChI is InChI=1S/C26H35NO4Si/c1-26(2,3)32(4,5)31-23(21-15-10-7-11-16-21)17-12-18-24(28)27-22(19-30-25(27)29)20-13-8-6-9-14-20/h6-11,13-16,22-23H,12,17-19H2,1-5H3/t22-,23+/m1/s1. The van der Waals surface area contributed by atoms with Gasteiger partial charge in [-0.1, -0.05) is 81.4 Å². The predicted molar refractivity (Wildman–Crippen MR) is 129 cm³/mol. The number of amides is 2. The van der Waals surface area contributed by atoms with Crippen LogP contribution in [-0.2, 0) is 14.0 Å². The van der Waals surface area contributed by atoms with Gasteiger partial charge in [0, 0.05) is 6.42 Å². The van der Waals surface area contributed by atoms with Gasteiger partial charge in [-0.2, -0.15) is 0 Å². The lowest BCUT2D eigenvalue weighted by Gasteiger charge is -2.39. The van der Waals surface area contributed by atoms with Crippen LogP contribution < -0.4 is 0 Å². The molecule has 172 valence electrons. The Morgan fingerprint density at radius 1 is 1.09 bits per heavy atom. The van der Waals surface area contributed by atoms with E-state index in [2.05, 4.69) is 46.0 Å². The van der Waals surface area contributed by atoms with E-state index in [0.717, 1.165) is 17.5 Å². The molecule has 1 aliphatic heterocycles. The highest BCUT2D eigenvalue weighted by Gasteiger charge is 2.40. The number of imide groups is 1. The Morgan fingerprint density at radius 2 is 1.69 bits per heavy atom. The first kappa shape index (κ1) is 24.2. The summed E-state index contributed by atoms with van der Waals surface area (Å²) in [6, 6.07) is 19.4. The molecule has 1 fully saturated rings. The van der Waals surface area contributed by atoms with Crippen molar-refractivity contribution in [3.63, 3.8) is 0 Å². The quantitative estimate of drug-likeness (QED) is 0.420. The average Bonchev–Trinajstić information content (AvgIpc) is 3.15. The maximum absolute atomic E-state index is 13.0. The number of nitrogens with zero attached hydrogens (tertiary/aromatic N) is 1. The Labute approximate surface area is 192 Å². The summed E-state index contributed by atoms with van der Waals surface area (Å²) in [5, 5.41) is 0.0953. The van der Waals surface area contributed by atoms with Gasteiger partial charge in [0.15, 0.2) is 8.32 Å². The number of ether oxygens (including phenoxy) is 1. The maximum atomic E-state index is 13.0.